The predicted octanol–water partition coefficient (Wildman–Crippen LogP) is 4.98. The molecule has 2 aromatic rings. The summed E-state index contributed by atoms with van der Waals surface area (Å²) in [6, 6.07) is 7.45. The Hall–Kier alpha value is -1.34. The van der Waals surface area contributed by atoms with E-state index in [4.69, 9.17) is 44.5 Å². The molecular weight excluding hydrogens is 500 g/mol. The van der Waals surface area contributed by atoms with Crippen molar-refractivity contribution >= 4 is 64.1 Å². The van der Waals surface area contributed by atoms with E-state index in [0.717, 1.165) is 49.6 Å². The summed E-state index contributed by atoms with van der Waals surface area (Å²) < 4.78 is 15.7. The molecule has 0 aromatic heterocycles. The molecule has 4 heterocycles. The van der Waals surface area contributed by atoms with Crippen LogP contribution < -0.4 is 19.6 Å². The third kappa shape index (κ3) is 3.43. The minimum absolute atomic E-state index is 0.382. The van der Waals surface area contributed by atoms with Crippen molar-refractivity contribution in [2.45, 2.75) is 25.7 Å². The average Bonchev–Trinajstić information content (AvgIpc) is 2.83. The third-order valence-electron chi connectivity index (χ3n) is 6.92. The number of morpholine rings is 1. The van der Waals surface area contributed by atoms with E-state index in [9.17, 15) is 4.79 Å². The number of hydrogen-bond acceptors (Lipinski definition) is 5. The number of anilines is 2. The fourth-order valence-electron chi connectivity index (χ4n) is 5.48. The van der Waals surface area contributed by atoms with Gasteiger partial charge in [-0.15, -0.1) is 0 Å². The van der Waals surface area contributed by atoms with Crippen molar-refractivity contribution in [3.63, 3.8) is 0 Å². The molecule has 1 fully saturated rings. The van der Waals surface area contributed by atoms with Crippen LogP contribution in [-0.2, 0) is 29.4 Å². The van der Waals surface area contributed by atoms with E-state index in [0.29, 0.717) is 47.8 Å². The molecule has 6 nitrogen and oxygen atoms in total. The van der Waals surface area contributed by atoms with Gasteiger partial charge < -0.3 is 14.4 Å². The number of ether oxygens (including phenoxy) is 2. The lowest BCUT2D eigenvalue weighted by Crippen LogP contribution is -2.49. The van der Waals surface area contributed by atoms with E-state index in [1.807, 2.05) is 0 Å². The van der Waals surface area contributed by atoms with Gasteiger partial charge in [0.2, 0.25) is 0 Å². The highest BCUT2D eigenvalue weighted by atomic mass is 35.5. The maximum absolute atomic E-state index is 13.7. The smallest absolute Gasteiger partial charge is 0.408 e. The highest BCUT2D eigenvalue weighted by molar-refractivity contribution is 8.18. The summed E-state index contributed by atoms with van der Waals surface area (Å²) in [7, 11) is 0. The Balaban J connectivity index is 1.60. The average molecular weight is 524 g/mol. The summed E-state index contributed by atoms with van der Waals surface area (Å²) >= 11 is 19.1. The highest BCUT2D eigenvalue weighted by Crippen LogP contribution is 2.61. The van der Waals surface area contributed by atoms with Crippen LogP contribution in [0.1, 0.15) is 24.0 Å². The molecule has 6 rings (SSSR count). The Labute approximate surface area is 208 Å². The molecule has 174 valence electrons. The van der Waals surface area contributed by atoms with Crippen LogP contribution in [0.2, 0.25) is 10.0 Å². The monoisotopic (exact) mass is 523 g/mol. The summed E-state index contributed by atoms with van der Waals surface area (Å²) in [6.07, 6.45) is 0.899. The molecule has 1 atom stereocenters. The molecule has 33 heavy (non-hydrogen) atoms. The summed E-state index contributed by atoms with van der Waals surface area (Å²) in [5, 5.41) is 1.79. The number of nitrogens with zero attached hydrogens (tertiary/aromatic N) is 3. The molecule has 1 amide bonds. The molecule has 1 saturated heterocycles. The quantitative estimate of drug-likeness (QED) is 0.517. The van der Waals surface area contributed by atoms with E-state index in [1.54, 1.807) is 22.9 Å². The van der Waals surface area contributed by atoms with Crippen molar-refractivity contribution in [3.8, 4) is 5.75 Å². The highest BCUT2D eigenvalue weighted by Gasteiger charge is 2.48. The van der Waals surface area contributed by atoms with E-state index in [-0.39, 0.29) is 0 Å². The van der Waals surface area contributed by atoms with Gasteiger partial charge in [-0.25, -0.2) is 9.46 Å². The van der Waals surface area contributed by atoms with Gasteiger partial charge in [0.25, 0.3) is 0 Å². The minimum Gasteiger partial charge on any atom is -0.408 e. The molecule has 0 bridgehead atoms. The molecule has 4 aliphatic rings. The van der Waals surface area contributed by atoms with Gasteiger partial charge >= 0.3 is 6.09 Å². The van der Waals surface area contributed by atoms with Gasteiger partial charge in [-0.2, -0.15) is 0 Å². The molecule has 0 radical (unpaired) electrons. The lowest BCUT2D eigenvalue weighted by atomic mass is 9.91. The number of carbonyl (C=O) groups is 1. The zero-order valence-electron chi connectivity index (χ0n) is 18.1. The largest absolute Gasteiger partial charge is 0.424 e. The summed E-state index contributed by atoms with van der Waals surface area (Å²) in [5.74, 6) is 0.691. The number of benzene rings is 2. The van der Waals surface area contributed by atoms with Gasteiger partial charge in [-0.3, -0.25) is 4.67 Å². The second-order valence-corrected chi connectivity index (χ2v) is 13.7. The first-order valence-electron chi connectivity index (χ1n) is 11.3. The first-order chi connectivity index (χ1) is 16.0. The zero-order valence-corrected chi connectivity index (χ0v) is 21.3. The van der Waals surface area contributed by atoms with Crippen molar-refractivity contribution in [1.82, 2.24) is 4.67 Å². The molecule has 2 aromatic carbocycles. The van der Waals surface area contributed by atoms with Crippen LogP contribution in [0, 0.1) is 0 Å². The molecular formula is C23H24Cl2N3O3PS. The maximum Gasteiger partial charge on any atom is 0.424 e. The lowest BCUT2D eigenvalue weighted by molar-refractivity contribution is 0.0747. The Morgan fingerprint density at radius 3 is 2.48 bits per heavy atom. The van der Waals surface area contributed by atoms with Gasteiger partial charge in [-0.1, -0.05) is 35.0 Å². The number of fused-ring (bicyclic) bond motifs is 2. The van der Waals surface area contributed by atoms with Gasteiger partial charge in [0.05, 0.1) is 34.3 Å². The molecule has 0 spiro atoms. The number of carbonyl (C=O) groups excluding carboxylic acids is 1. The van der Waals surface area contributed by atoms with Crippen LogP contribution in [-0.4, -0.2) is 50.2 Å². The van der Waals surface area contributed by atoms with E-state index in [2.05, 4.69) is 15.6 Å². The van der Waals surface area contributed by atoms with Crippen molar-refractivity contribution < 1.29 is 14.3 Å². The Morgan fingerprint density at radius 1 is 0.970 bits per heavy atom. The maximum atomic E-state index is 13.7. The molecule has 0 saturated carbocycles. The standard InChI is InChI=1S/C23H24Cl2N3O3PS/c24-18-6-5-16(14-19(18)25)28-23(29)31-22-17-4-2-8-26-7-1-3-15(21(17)26)13-20(22)32(28,33)27-9-11-30-12-10-27/h5-6,13-14H,1-4,7-12H2. The SMILES string of the molecule is O=C1Oc2c(cc3c4c2CCCN4CCC3)P(=S)(N2CCOCC2)N1c1ccc(Cl)c(Cl)c1. The lowest BCUT2D eigenvalue weighted by Gasteiger charge is -2.48. The first kappa shape index (κ1) is 22.1. The number of rotatable bonds is 2. The molecule has 0 N–H and O–H groups in total. The number of aryl methyl sites for hydroxylation is 1. The van der Waals surface area contributed by atoms with Crippen LogP contribution >= 0.6 is 29.5 Å². The number of hydrogen-bond donors (Lipinski definition) is 0. The molecule has 1 unspecified atom stereocenters. The second-order valence-electron chi connectivity index (χ2n) is 8.79. The number of halogens is 2. The van der Waals surface area contributed by atoms with Gasteiger partial charge in [0, 0.05) is 37.4 Å². The van der Waals surface area contributed by atoms with Crippen LogP contribution in [0.25, 0.3) is 0 Å². The fraction of sp³-hybridized carbons (Fsp3) is 0.435. The van der Waals surface area contributed by atoms with Crippen molar-refractivity contribution in [2.24, 2.45) is 0 Å². The predicted molar refractivity (Wildman–Crippen MR) is 137 cm³/mol. The van der Waals surface area contributed by atoms with Crippen molar-refractivity contribution in [2.75, 3.05) is 49.0 Å². The fourth-order valence-corrected chi connectivity index (χ4v) is 10.1. The van der Waals surface area contributed by atoms with E-state index >= 15 is 0 Å². The molecule has 0 aliphatic carbocycles. The van der Waals surface area contributed by atoms with Gasteiger partial charge in [-0.05, 0) is 55.5 Å². The third-order valence-corrected chi connectivity index (χ3v) is 12.5. The normalized spacial score (nSPS) is 24.8. The van der Waals surface area contributed by atoms with Crippen LogP contribution in [0.5, 0.6) is 5.75 Å². The zero-order chi connectivity index (χ0) is 22.7. The topological polar surface area (TPSA) is 45.3 Å². The number of amides is 1. The minimum atomic E-state index is -2.76. The Morgan fingerprint density at radius 2 is 1.73 bits per heavy atom. The van der Waals surface area contributed by atoms with E-state index in [1.165, 1.54) is 11.3 Å². The summed E-state index contributed by atoms with van der Waals surface area (Å²) in [4.78, 5) is 16.1. The summed E-state index contributed by atoms with van der Waals surface area (Å²) in [5.41, 5.74) is 4.36. The van der Waals surface area contributed by atoms with Crippen LogP contribution in [0.4, 0.5) is 16.2 Å². The summed E-state index contributed by atoms with van der Waals surface area (Å²) in [6.45, 7) is 4.62. The van der Waals surface area contributed by atoms with Gasteiger partial charge in [0.1, 0.15) is 12.1 Å². The molecule has 4 aliphatic heterocycles. The first-order valence-corrected chi connectivity index (χ1v) is 14.8. The van der Waals surface area contributed by atoms with Crippen LogP contribution in [0.15, 0.2) is 24.3 Å². The Kier molecular flexibility index (Phi) is 5.64. The second kappa shape index (κ2) is 8.40. The van der Waals surface area contributed by atoms with Crippen LogP contribution in [0.3, 0.4) is 0 Å². The van der Waals surface area contributed by atoms with E-state index < -0.39 is 12.4 Å². The van der Waals surface area contributed by atoms with Gasteiger partial charge in [0.15, 0.2) is 0 Å². The molecule has 10 heteroatoms. The van der Waals surface area contributed by atoms with Crippen molar-refractivity contribution in [1.29, 1.82) is 0 Å². The Bertz CT molecular complexity index is 1200. The van der Waals surface area contributed by atoms with Crippen molar-refractivity contribution in [3.05, 3.63) is 45.4 Å².